The fourth-order valence-corrected chi connectivity index (χ4v) is 3.27. The Labute approximate surface area is 153 Å². The van der Waals surface area contributed by atoms with Crippen molar-refractivity contribution in [1.82, 2.24) is 4.90 Å². The maximum Gasteiger partial charge on any atom is 0.412 e. The van der Waals surface area contributed by atoms with Crippen molar-refractivity contribution in [3.63, 3.8) is 0 Å². The van der Waals surface area contributed by atoms with E-state index in [1.807, 2.05) is 57.2 Å². The van der Waals surface area contributed by atoms with Crippen molar-refractivity contribution in [2.75, 3.05) is 0 Å². The Bertz CT molecular complexity index is 854. The fraction of sp³-hybridized carbons (Fsp3) is 0.333. The number of nitrogens with two attached hydrogens (primary N) is 1. The van der Waals surface area contributed by atoms with Gasteiger partial charge in [-0.1, -0.05) is 42.5 Å². The summed E-state index contributed by atoms with van der Waals surface area (Å²) in [6.45, 7) is 7.33. The second kappa shape index (κ2) is 6.57. The van der Waals surface area contributed by atoms with Crippen molar-refractivity contribution in [3.8, 4) is 11.1 Å². The van der Waals surface area contributed by atoms with Gasteiger partial charge in [-0.2, -0.15) is 0 Å². The van der Waals surface area contributed by atoms with E-state index in [1.165, 1.54) is 4.90 Å². The summed E-state index contributed by atoms with van der Waals surface area (Å²) in [4.78, 5) is 26.3. The van der Waals surface area contributed by atoms with E-state index < -0.39 is 17.9 Å². The predicted octanol–water partition coefficient (Wildman–Crippen LogP) is 4.26. The molecule has 2 aromatic carbocycles. The minimum atomic E-state index is -0.599. The molecule has 1 unspecified atom stereocenters. The van der Waals surface area contributed by atoms with Gasteiger partial charge in [0, 0.05) is 5.56 Å². The van der Waals surface area contributed by atoms with E-state index in [4.69, 9.17) is 10.5 Å². The van der Waals surface area contributed by atoms with Gasteiger partial charge in [-0.05, 0) is 49.9 Å². The van der Waals surface area contributed by atoms with Crippen LogP contribution in [0.1, 0.15) is 55.3 Å². The third kappa shape index (κ3) is 3.35. The maximum atomic E-state index is 12.6. The Hall–Kier alpha value is -2.66. The SMILES string of the molecule is CC(=O)c1ccc2c(c1-c1ccccc1)CN(C(=O)OC(C)(C)C)C2N. The van der Waals surface area contributed by atoms with Crippen LogP contribution in [0.3, 0.4) is 0 Å². The van der Waals surface area contributed by atoms with E-state index in [0.29, 0.717) is 12.1 Å². The quantitative estimate of drug-likeness (QED) is 0.820. The Morgan fingerprint density at radius 2 is 1.77 bits per heavy atom. The predicted molar refractivity (Wildman–Crippen MR) is 101 cm³/mol. The summed E-state index contributed by atoms with van der Waals surface area (Å²) in [5.74, 6) is -0.0176. The number of ketones is 1. The van der Waals surface area contributed by atoms with Gasteiger partial charge in [0.2, 0.25) is 0 Å². The molecule has 0 saturated heterocycles. The summed E-state index contributed by atoms with van der Waals surface area (Å²) in [5.41, 5.74) is 9.89. The van der Waals surface area contributed by atoms with Gasteiger partial charge < -0.3 is 10.5 Å². The van der Waals surface area contributed by atoms with Gasteiger partial charge >= 0.3 is 6.09 Å². The highest BCUT2D eigenvalue weighted by Gasteiger charge is 2.36. The van der Waals surface area contributed by atoms with Crippen molar-refractivity contribution < 1.29 is 14.3 Å². The van der Waals surface area contributed by atoms with Gasteiger partial charge in [-0.25, -0.2) is 4.79 Å². The van der Waals surface area contributed by atoms with Crippen LogP contribution in [0.25, 0.3) is 11.1 Å². The lowest BCUT2D eigenvalue weighted by Gasteiger charge is -2.26. The third-order valence-electron chi connectivity index (χ3n) is 4.40. The van der Waals surface area contributed by atoms with E-state index in [-0.39, 0.29) is 5.78 Å². The lowest BCUT2D eigenvalue weighted by Crippen LogP contribution is -2.38. The van der Waals surface area contributed by atoms with Crippen LogP contribution in [0.15, 0.2) is 42.5 Å². The summed E-state index contributed by atoms with van der Waals surface area (Å²) in [7, 11) is 0. The molecule has 1 aliphatic rings. The monoisotopic (exact) mass is 352 g/mol. The number of benzene rings is 2. The largest absolute Gasteiger partial charge is 0.444 e. The van der Waals surface area contributed by atoms with Crippen molar-refractivity contribution in [3.05, 3.63) is 59.2 Å². The van der Waals surface area contributed by atoms with Gasteiger partial charge in [0.15, 0.2) is 5.78 Å². The zero-order valence-electron chi connectivity index (χ0n) is 15.6. The normalized spacial score (nSPS) is 16.3. The third-order valence-corrected chi connectivity index (χ3v) is 4.40. The molecule has 0 bridgehead atoms. The highest BCUT2D eigenvalue weighted by Crippen LogP contribution is 2.39. The molecular formula is C21H24N2O3. The van der Waals surface area contributed by atoms with Crippen molar-refractivity contribution in [2.24, 2.45) is 5.73 Å². The van der Waals surface area contributed by atoms with Crippen molar-refractivity contribution in [2.45, 2.75) is 46.0 Å². The molecule has 1 heterocycles. The highest BCUT2D eigenvalue weighted by molar-refractivity contribution is 6.02. The molecule has 5 nitrogen and oxygen atoms in total. The second-order valence-electron chi connectivity index (χ2n) is 7.53. The lowest BCUT2D eigenvalue weighted by molar-refractivity contribution is 0.0177. The molecule has 2 aromatic rings. The number of hydrogen-bond donors (Lipinski definition) is 1. The van der Waals surface area contributed by atoms with Gasteiger partial charge in [-0.15, -0.1) is 0 Å². The summed E-state index contributed by atoms with van der Waals surface area (Å²) in [5, 5.41) is 0. The summed E-state index contributed by atoms with van der Waals surface area (Å²) in [6, 6.07) is 13.3. The molecule has 0 aliphatic carbocycles. The van der Waals surface area contributed by atoms with Crippen LogP contribution >= 0.6 is 0 Å². The molecule has 136 valence electrons. The smallest absolute Gasteiger partial charge is 0.412 e. The standard InChI is InChI=1S/C21H24N2O3/c1-13(24)15-10-11-16-17(18(15)14-8-6-5-7-9-14)12-23(19(16)22)20(25)26-21(2,3)4/h5-11,19H,12,22H2,1-4H3. The summed E-state index contributed by atoms with van der Waals surface area (Å²) >= 11 is 0. The van der Waals surface area contributed by atoms with Gasteiger partial charge in [0.1, 0.15) is 11.8 Å². The van der Waals surface area contributed by atoms with Gasteiger partial charge in [-0.3, -0.25) is 9.69 Å². The Morgan fingerprint density at radius 1 is 1.12 bits per heavy atom. The average Bonchev–Trinajstić information content (AvgIpc) is 2.90. The molecule has 0 fully saturated rings. The molecule has 0 aromatic heterocycles. The first-order chi connectivity index (χ1) is 12.2. The number of carbonyl (C=O) groups excluding carboxylic acids is 2. The zero-order chi connectivity index (χ0) is 19.1. The summed E-state index contributed by atoms with van der Waals surface area (Å²) < 4.78 is 5.49. The average molecular weight is 352 g/mol. The van der Waals surface area contributed by atoms with Gasteiger partial charge in [0.25, 0.3) is 0 Å². The minimum Gasteiger partial charge on any atom is -0.444 e. The number of hydrogen-bond acceptors (Lipinski definition) is 4. The number of ether oxygens (including phenoxy) is 1. The first-order valence-corrected chi connectivity index (χ1v) is 8.66. The first-order valence-electron chi connectivity index (χ1n) is 8.66. The number of Topliss-reactive ketones (excluding diaryl/α,β-unsaturated/α-hetero) is 1. The molecule has 1 atom stereocenters. The van der Waals surface area contributed by atoms with Crippen LogP contribution in [0.4, 0.5) is 4.79 Å². The molecule has 1 aliphatic heterocycles. The van der Waals surface area contributed by atoms with Crippen molar-refractivity contribution in [1.29, 1.82) is 0 Å². The van der Waals surface area contributed by atoms with Crippen LogP contribution in [0.5, 0.6) is 0 Å². The fourth-order valence-electron chi connectivity index (χ4n) is 3.27. The van der Waals surface area contributed by atoms with E-state index >= 15 is 0 Å². The number of carbonyl (C=O) groups is 2. The van der Waals surface area contributed by atoms with E-state index in [2.05, 4.69) is 0 Å². The Balaban J connectivity index is 2.08. The molecule has 2 N–H and O–H groups in total. The highest BCUT2D eigenvalue weighted by atomic mass is 16.6. The van der Waals surface area contributed by atoms with Crippen molar-refractivity contribution >= 4 is 11.9 Å². The Kier molecular flexibility index (Phi) is 4.59. The molecule has 3 rings (SSSR count). The summed E-state index contributed by atoms with van der Waals surface area (Å²) in [6.07, 6.45) is -1.05. The number of fused-ring (bicyclic) bond motifs is 1. The van der Waals surface area contributed by atoms with Crippen LogP contribution in [0, 0.1) is 0 Å². The topological polar surface area (TPSA) is 72.6 Å². The lowest BCUT2D eigenvalue weighted by atomic mass is 9.90. The molecular weight excluding hydrogens is 328 g/mol. The molecule has 5 heteroatoms. The van der Waals surface area contributed by atoms with Crippen LogP contribution < -0.4 is 5.73 Å². The van der Waals surface area contributed by atoms with E-state index in [1.54, 1.807) is 13.0 Å². The van der Waals surface area contributed by atoms with Crippen LogP contribution in [-0.4, -0.2) is 22.4 Å². The minimum absolute atomic E-state index is 0.0176. The van der Waals surface area contributed by atoms with Crippen LogP contribution in [-0.2, 0) is 11.3 Å². The molecule has 26 heavy (non-hydrogen) atoms. The number of rotatable bonds is 2. The molecule has 0 radical (unpaired) electrons. The zero-order valence-corrected chi connectivity index (χ0v) is 15.6. The molecule has 0 saturated carbocycles. The molecule has 1 amide bonds. The number of amides is 1. The Morgan fingerprint density at radius 3 is 2.35 bits per heavy atom. The van der Waals surface area contributed by atoms with E-state index in [0.717, 1.165) is 22.3 Å². The van der Waals surface area contributed by atoms with Crippen LogP contribution in [0.2, 0.25) is 0 Å². The van der Waals surface area contributed by atoms with Gasteiger partial charge in [0.05, 0.1) is 6.54 Å². The molecule has 0 spiro atoms. The van der Waals surface area contributed by atoms with E-state index in [9.17, 15) is 9.59 Å². The maximum absolute atomic E-state index is 12.6. The second-order valence-corrected chi connectivity index (χ2v) is 7.53. The number of nitrogens with zero attached hydrogens (tertiary/aromatic N) is 1. The first kappa shape index (κ1) is 18.1.